The Morgan fingerprint density at radius 2 is 1.86 bits per heavy atom. The van der Waals surface area contributed by atoms with Gasteiger partial charge < -0.3 is 15.1 Å². The molecule has 0 spiro atoms. The summed E-state index contributed by atoms with van der Waals surface area (Å²) in [5.41, 5.74) is 1.99. The van der Waals surface area contributed by atoms with E-state index >= 15 is 0 Å². The third-order valence-electron chi connectivity index (χ3n) is 6.26. The van der Waals surface area contributed by atoms with Gasteiger partial charge in [-0.05, 0) is 38.8 Å². The van der Waals surface area contributed by atoms with Gasteiger partial charge in [-0.2, -0.15) is 5.10 Å². The first kappa shape index (κ1) is 25.3. The minimum absolute atomic E-state index is 0.0148. The lowest BCUT2D eigenvalue weighted by Gasteiger charge is -2.35. The maximum atomic E-state index is 13.4. The molecule has 1 aliphatic heterocycles. The largest absolute Gasteiger partial charge is 0.340 e. The molecule has 1 aromatic carbocycles. The first-order valence-corrected chi connectivity index (χ1v) is 12.4. The second-order valence-electron chi connectivity index (χ2n) is 10.4. The van der Waals surface area contributed by atoms with Gasteiger partial charge in [0.1, 0.15) is 18.2 Å². The SMILES string of the molecule is Cc1nc(Nc2cc(C)[nH]n2)cc([C@@H]2CCCN(C(=O)CN(C(=O)C(C)(C)C)c3ccccc3)C2)n1. The first-order valence-electron chi connectivity index (χ1n) is 12.4. The number of nitrogens with one attached hydrogen (secondary N) is 2. The number of para-hydroxylation sites is 1. The lowest BCUT2D eigenvalue weighted by atomic mass is 9.93. The number of piperidine rings is 1. The number of hydrogen-bond acceptors (Lipinski definition) is 6. The Morgan fingerprint density at radius 3 is 2.53 bits per heavy atom. The van der Waals surface area contributed by atoms with Crippen LogP contribution in [0.15, 0.2) is 42.5 Å². The summed E-state index contributed by atoms with van der Waals surface area (Å²) in [7, 11) is 0. The number of H-pyrrole nitrogens is 1. The molecule has 1 atom stereocenters. The van der Waals surface area contributed by atoms with Gasteiger partial charge in [0.25, 0.3) is 0 Å². The van der Waals surface area contributed by atoms with Crippen molar-refractivity contribution in [2.24, 2.45) is 5.41 Å². The lowest BCUT2D eigenvalue weighted by molar-refractivity contribution is -0.134. The number of carbonyl (C=O) groups excluding carboxylic acids is 2. The highest BCUT2D eigenvalue weighted by Crippen LogP contribution is 2.29. The molecule has 0 radical (unpaired) electrons. The van der Waals surface area contributed by atoms with E-state index in [0.29, 0.717) is 30.5 Å². The van der Waals surface area contributed by atoms with Gasteiger partial charge in [-0.3, -0.25) is 14.7 Å². The fourth-order valence-corrected chi connectivity index (χ4v) is 4.45. The summed E-state index contributed by atoms with van der Waals surface area (Å²) in [5.74, 6) is 2.00. The van der Waals surface area contributed by atoms with E-state index in [-0.39, 0.29) is 24.3 Å². The number of anilines is 3. The van der Waals surface area contributed by atoms with Crippen LogP contribution in [0.4, 0.5) is 17.3 Å². The Kier molecular flexibility index (Phi) is 7.37. The van der Waals surface area contributed by atoms with Crippen molar-refractivity contribution >= 4 is 29.1 Å². The fraction of sp³-hybridized carbons (Fsp3) is 0.444. The molecule has 3 heterocycles. The van der Waals surface area contributed by atoms with Gasteiger partial charge in [-0.15, -0.1) is 0 Å². The number of benzene rings is 1. The predicted molar refractivity (Wildman–Crippen MR) is 140 cm³/mol. The number of carbonyl (C=O) groups is 2. The zero-order chi connectivity index (χ0) is 25.9. The number of hydrogen-bond donors (Lipinski definition) is 2. The molecule has 36 heavy (non-hydrogen) atoms. The predicted octanol–water partition coefficient (Wildman–Crippen LogP) is 4.35. The Labute approximate surface area is 212 Å². The molecule has 2 aromatic heterocycles. The van der Waals surface area contributed by atoms with E-state index < -0.39 is 5.41 Å². The fourth-order valence-electron chi connectivity index (χ4n) is 4.45. The summed E-state index contributed by atoms with van der Waals surface area (Å²) in [6.07, 6.45) is 1.81. The monoisotopic (exact) mass is 489 g/mol. The van der Waals surface area contributed by atoms with Gasteiger partial charge in [0.2, 0.25) is 11.8 Å². The molecule has 0 bridgehead atoms. The highest BCUT2D eigenvalue weighted by atomic mass is 16.2. The molecule has 190 valence electrons. The second kappa shape index (κ2) is 10.5. The van der Waals surface area contributed by atoms with Crippen LogP contribution in [0.1, 0.15) is 56.7 Å². The Balaban J connectivity index is 1.49. The van der Waals surface area contributed by atoms with Gasteiger partial charge in [0.05, 0.1) is 5.69 Å². The Morgan fingerprint density at radius 1 is 1.11 bits per heavy atom. The molecule has 2 N–H and O–H groups in total. The zero-order valence-corrected chi connectivity index (χ0v) is 21.7. The van der Waals surface area contributed by atoms with Crippen molar-refractivity contribution in [2.75, 3.05) is 29.9 Å². The molecule has 0 saturated carbocycles. The maximum absolute atomic E-state index is 13.4. The zero-order valence-electron chi connectivity index (χ0n) is 21.7. The van der Waals surface area contributed by atoms with Crippen LogP contribution in [0.2, 0.25) is 0 Å². The number of aromatic nitrogens is 4. The van der Waals surface area contributed by atoms with Gasteiger partial charge >= 0.3 is 0 Å². The van der Waals surface area contributed by atoms with Crippen LogP contribution in [0.5, 0.6) is 0 Å². The highest BCUT2D eigenvalue weighted by molar-refractivity contribution is 6.01. The van der Waals surface area contributed by atoms with Gasteiger partial charge in [0, 0.05) is 47.9 Å². The second-order valence-corrected chi connectivity index (χ2v) is 10.4. The van der Waals surface area contributed by atoms with Crippen molar-refractivity contribution in [1.29, 1.82) is 0 Å². The number of aryl methyl sites for hydroxylation is 2. The van der Waals surface area contributed by atoms with Crippen LogP contribution in [-0.2, 0) is 9.59 Å². The van der Waals surface area contributed by atoms with E-state index in [9.17, 15) is 9.59 Å². The number of amides is 2. The Bertz CT molecular complexity index is 1220. The normalized spacial score (nSPS) is 16.0. The average molecular weight is 490 g/mol. The molecular formula is C27H35N7O2. The van der Waals surface area contributed by atoms with Crippen LogP contribution < -0.4 is 10.2 Å². The smallest absolute Gasteiger partial charge is 0.242 e. The van der Waals surface area contributed by atoms with E-state index in [1.807, 2.05) is 82.0 Å². The van der Waals surface area contributed by atoms with E-state index in [0.717, 1.165) is 29.9 Å². The minimum Gasteiger partial charge on any atom is -0.340 e. The molecule has 3 aromatic rings. The van der Waals surface area contributed by atoms with Crippen molar-refractivity contribution in [3.05, 3.63) is 59.7 Å². The number of rotatable bonds is 6. The van der Waals surface area contributed by atoms with Crippen molar-refractivity contribution in [3.63, 3.8) is 0 Å². The molecule has 0 unspecified atom stereocenters. The number of nitrogens with zero attached hydrogens (tertiary/aromatic N) is 5. The minimum atomic E-state index is -0.602. The van der Waals surface area contributed by atoms with Crippen molar-refractivity contribution < 1.29 is 9.59 Å². The quantitative estimate of drug-likeness (QED) is 0.533. The Hall–Kier alpha value is -3.75. The van der Waals surface area contributed by atoms with Crippen LogP contribution in [0.3, 0.4) is 0 Å². The van der Waals surface area contributed by atoms with Gasteiger partial charge in [-0.1, -0.05) is 39.0 Å². The van der Waals surface area contributed by atoms with Crippen LogP contribution >= 0.6 is 0 Å². The molecule has 1 aliphatic rings. The topological polar surface area (TPSA) is 107 Å². The standard InChI is InChI=1S/C27H35N7O2/c1-18-14-24(32-31-18)30-23-15-22(28-19(2)29-23)20-10-9-13-33(16-20)25(35)17-34(26(36)27(3,4)5)21-11-7-6-8-12-21/h6-8,11-12,14-15,20H,9-10,13,16-17H2,1-5H3,(H2,28,29,30,31,32)/t20-/m1/s1. The van der Waals surface area contributed by atoms with Crippen molar-refractivity contribution in [1.82, 2.24) is 25.1 Å². The summed E-state index contributed by atoms with van der Waals surface area (Å²) in [6, 6.07) is 13.3. The molecule has 9 heteroatoms. The van der Waals surface area contributed by atoms with E-state index in [2.05, 4.69) is 25.5 Å². The number of aromatic amines is 1. The average Bonchev–Trinajstić information content (AvgIpc) is 3.26. The van der Waals surface area contributed by atoms with E-state index in [1.165, 1.54) is 0 Å². The summed E-state index contributed by atoms with van der Waals surface area (Å²) < 4.78 is 0. The van der Waals surface area contributed by atoms with Crippen LogP contribution in [0.25, 0.3) is 0 Å². The third-order valence-corrected chi connectivity index (χ3v) is 6.26. The summed E-state index contributed by atoms with van der Waals surface area (Å²) >= 11 is 0. The lowest BCUT2D eigenvalue weighted by Crippen LogP contribution is -2.48. The van der Waals surface area contributed by atoms with Gasteiger partial charge in [0.15, 0.2) is 5.82 Å². The molecule has 9 nitrogen and oxygen atoms in total. The van der Waals surface area contributed by atoms with Crippen LogP contribution in [0, 0.1) is 19.3 Å². The molecule has 0 aliphatic carbocycles. The molecule has 1 fully saturated rings. The third kappa shape index (κ3) is 6.08. The van der Waals surface area contributed by atoms with Gasteiger partial charge in [-0.25, -0.2) is 9.97 Å². The van der Waals surface area contributed by atoms with Crippen LogP contribution in [-0.4, -0.2) is 56.5 Å². The maximum Gasteiger partial charge on any atom is 0.242 e. The molecule has 2 amide bonds. The van der Waals surface area contributed by atoms with E-state index in [4.69, 9.17) is 0 Å². The molecule has 1 saturated heterocycles. The summed E-state index contributed by atoms with van der Waals surface area (Å²) in [5, 5.41) is 10.4. The highest BCUT2D eigenvalue weighted by Gasteiger charge is 2.32. The first-order chi connectivity index (χ1) is 17.1. The van der Waals surface area contributed by atoms with Crippen molar-refractivity contribution in [3.8, 4) is 0 Å². The van der Waals surface area contributed by atoms with Crippen molar-refractivity contribution in [2.45, 2.75) is 53.4 Å². The summed E-state index contributed by atoms with van der Waals surface area (Å²) in [4.78, 5) is 39.3. The van der Waals surface area contributed by atoms with E-state index in [1.54, 1.807) is 4.90 Å². The molecular weight excluding hydrogens is 454 g/mol. The summed E-state index contributed by atoms with van der Waals surface area (Å²) in [6.45, 7) is 10.7. The molecule has 4 rings (SSSR count). The number of likely N-dealkylation sites (tertiary alicyclic amines) is 1.